The predicted octanol–water partition coefficient (Wildman–Crippen LogP) is 5.38. The lowest BCUT2D eigenvalue weighted by Crippen LogP contribution is -2.08. The molecule has 0 aromatic heterocycles. The van der Waals surface area contributed by atoms with Gasteiger partial charge in [-0.1, -0.05) is 15.9 Å². The van der Waals surface area contributed by atoms with Crippen LogP contribution in [0.5, 0.6) is 11.5 Å². The Morgan fingerprint density at radius 2 is 1.86 bits per heavy atom. The molecule has 0 N–H and O–H groups in total. The molecule has 0 aliphatic carbocycles. The summed E-state index contributed by atoms with van der Waals surface area (Å²) in [6.07, 6.45) is -4.23. The maximum atomic E-state index is 13.0. The van der Waals surface area contributed by atoms with Gasteiger partial charge < -0.3 is 4.74 Å². The minimum Gasteiger partial charge on any atom is -0.457 e. The number of alkyl halides is 3. The highest BCUT2D eigenvalue weighted by atomic mass is 79.9. The number of benzene rings is 2. The third-order valence-electron chi connectivity index (χ3n) is 2.80. The van der Waals surface area contributed by atoms with Crippen molar-refractivity contribution >= 4 is 22.2 Å². The van der Waals surface area contributed by atoms with Crippen molar-refractivity contribution in [2.45, 2.75) is 13.1 Å². The normalized spacial score (nSPS) is 11.3. The van der Waals surface area contributed by atoms with Gasteiger partial charge >= 0.3 is 6.18 Å². The molecule has 2 aromatic rings. The van der Waals surface area contributed by atoms with Crippen LogP contribution >= 0.6 is 15.9 Å². The summed E-state index contributed by atoms with van der Waals surface area (Å²) in [6, 6.07) is 8.07. The van der Waals surface area contributed by atoms with E-state index in [9.17, 15) is 18.0 Å². The SMILES string of the molecule is Cc1cc(Oc2ccc(C=O)cc2C(F)(F)F)ccc1Br. The molecule has 0 radical (unpaired) electrons. The van der Waals surface area contributed by atoms with Crippen LogP contribution in [0.4, 0.5) is 13.2 Å². The Balaban J connectivity index is 2.43. The topological polar surface area (TPSA) is 26.3 Å². The van der Waals surface area contributed by atoms with Crippen molar-refractivity contribution in [3.63, 3.8) is 0 Å². The van der Waals surface area contributed by atoms with E-state index in [4.69, 9.17) is 4.74 Å². The highest BCUT2D eigenvalue weighted by molar-refractivity contribution is 9.10. The molecule has 2 nitrogen and oxygen atoms in total. The first-order valence-corrected chi connectivity index (χ1v) is 6.71. The lowest BCUT2D eigenvalue weighted by atomic mass is 10.1. The van der Waals surface area contributed by atoms with Crippen molar-refractivity contribution in [3.05, 3.63) is 57.6 Å². The minimum atomic E-state index is -4.60. The molecule has 0 saturated carbocycles. The molecule has 21 heavy (non-hydrogen) atoms. The van der Waals surface area contributed by atoms with E-state index < -0.39 is 11.7 Å². The Bertz CT molecular complexity index is 681. The highest BCUT2D eigenvalue weighted by Gasteiger charge is 2.34. The zero-order valence-corrected chi connectivity index (χ0v) is 12.5. The largest absolute Gasteiger partial charge is 0.457 e. The second kappa shape index (κ2) is 5.89. The van der Waals surface area contributed by atoms with Gasteiger partial charge in [-0.15, -0.1) is 0 Å². The van der Waals surface area contributed by atoms with Crippen LogP contribution in [0.1, 0.15) is 21.5 Å². The van der Waals surface area contributed by atoms with Crippen LogP contribution in [0.3, 0.4) is 0 Å². The summed E-state index contributed by atoms with van der Waals surface area (Å²) in [4.78, 5) is 10.6. The molecule has 0 spiro atoms. The number of halogens is 4. The van der Waals surface area contributed by atoms with Gasteiger partial charge in [0.2, 0.25) is 0 Å². The Hall–Kier alpha value is -1.82. The summed E-state index contributed by atoms with van der Waals surface area (Å²) >= 11 is 3.31. The van der Waals surface area contributed by atoms with E-state index in [1.165, 1.54) is 6.07 Å². The maximum absolute atomic E-state index is 13.0. The van der Waals surface area contributed by atoms with E-state index in [-0.39, 0.29) is 11.3 Å². The third-order valence-corrected chi connectivity index (χ3v) is 3.69. The number of aldehydes is 1. The lowest BCUT2D eigenvalue weighted by Gasteiger charge is -2.14. The Kier molecular flexibility index (Phi) is 4.37. The van der Waals surface area contributed by atoms with Crippen LogP contribution < -0.4 is 4.74 Å². The Labute approximate surface area is 127 Å². The van der Waals surface area contributed by atoms with Crippen LogP contribution in [0, 0.1) is 6.92 Å². The van der Waals surface area contributed by atoms with Crippen LogP contribution in [-0.2, 0) is 6.18 Å². The first-order chi connectivity index (χ1) is 9.81. The van der Waals surface area contributed by atoms with E-state index >= 15 is 0 Å². The van der Waals surface area contributed by atoms with Crippen LogP contribution in [0.15, 0.2) is 40.9 Å². The first-order valence-electron chi connectivity index (χ1n) is 5.91. The first kappa shape index (κ1) is 15.6. The van der Waals surface area contributed by atoms with E-state index in [1.807, 2.05) is 0 Å². The average Bonchev–Trinajstić information content (AvgIpc) is 2.42. The molecule has 0 unspecified atom stereocenters. The molecule has 2 aromatic carbocycles. The van der Waals surface area contributed by atoms with E-state index in [2.05, 4.69) is 15.9 Å². The molecule has 0 saturated heterocycles. The number of carbonyl (C=O) groups excluding carboxylic acids is 1. The third kappa shape index (κ3) is 3.64. The lowest BCUT2D eigenvalue weighted by molar-refractivity contribution is -0.138. The number of aryl methyl sites for hydroxylation is 1. The Morgan fingerprint density at radius 3 is 2.43 bits per heavy atom. The van der Waals surface area contributed by atoms with Gasteiger partial charge in [0.1, 0.15) is 17.8 Å². The van der Waals surface area contributed by atoms with Gasteiger partial charge in [-0.25, -0.2) is 0 Å². The van der Waals surface area contributed by atoms with Gasteiger partial charge in [0.25, 0.3) is 0 Å². The molecule has 6 heteroatoms. The van der Waals surface area contributed by atoms with E-state index in [0.717, 1.165) is 22.2 Å². The average molecular weight is 359 g/mol. The zero-order valence-electron chi connectivity index (χ0n) is 10.9. The molecule has 2 rings (SSSR count). The molecular weight excluding hydrogens is 349 g/mol. The fourth-order valence-electron chi connectivity index (χ4n) is 1.74. The maximum Gasteiger partial charge on any atom is 0.420 e. The van der Waals surface area contributed by atoms with Gasteiger partial charge in [-0.2, -0.15) is 13.2 Å². The van der Waals surface area contributed by atoms with Crippen molar-refractivity contribution in [1.82, 2.24) is 0 Å². The quantitative estimate of drug-likeness (QED) is 0.688. The molecule has 0 aliphatic rings. The van der Waals surface area contributed by atoms with Crippen LogP contribution in [-0.4, -0.2) is 6.29 Å². The highest BCUT2D eigenvalue weighted by Crippen LogP contribution is 2.39. The molecule has 0 amide bonds. The smallest absolute Gasteiger partial charge is 0.420 e. The van der Waals surface area contributed by atoms with Crippen molar-refractivity contribution in [1.29, 1.82) is 0 Å². The van der Waals surface area contributed by atoms with Crippen LogP contribution in [0.2, 0.25) is 0 Å². The zero-order chi connectivity index (χ0) is 15.6. The number of ether oxygens (including phenoxy) is 1. The van der Waals surface area contributed by atoms with Gasteiger partial charge in [0.15, 0.2) is 0 Å². The Morgan fingerprint density at radius 1 is 1.14 bits per heavy atom. The molecular formula is C15H10BrF3O2. The second-order valence-corrected chi connectivity index (χ2v) is 5.24. The summed E-state index contributed by atoms with van der Waals surface area (Å²) in [5, 5.41) is 0. The fourth-order valence-corrected chi connectivity index (χ4v) is 1.99. The molecule has 110 valence electrons. The summed E-state index contributed by atoms with van der Waals surface area (Å²) in [6.45, 7) is 1.80. The molecule has 0 atom stereocenters. The summed E-state index contributed by atoms with van der Waals surface area (Å²) in [5.41, 5.74) is -0.195. The van der Waals surface area contributed by atoms with Gasteiger partial charge in [0, 0.05) is 10.0 Å². The van der Waals surface area contributed by atoms with E-state index in [0.29, 0.717) is 12.0 Å². The van der Waals surface area contributed by atoms with Gasteiger partial charge in [-0.05, 0) is 48.9 Å². The van der Waals surface area contributed by atoms with Gasteiger partial charge in [-0.3, -0.25) is 4.79 Å². The second-order valence-electron chi connectivity index (χ2n) is 4.38. The van der Waals surface area contributed by atoms with Gasteiger partial charge in [0.05, 0.1) is 5.56 Å². The standard InChI is InChI=1S/C15H10BrF3O2/c1-9-6-11(3-4-13(9)16)21-14-5-2-10(8-20)7-12(14)15(17,18)19/h2-8H,1H3. The number of carbonyl (C=O) groups is 1. The summed E-state index contributed by atoms with van der Waals surface area (Å²) in [7, 11) is 0. The molecule has 0 aliphatic heterocycles. The molecule has 0 fully saturated rings. The number of rotatable bonds is 3. The molecule has 0 heterocycles. The van der Waals surface area contributed by atoms with Crippen molar-refractivity contribution in [2.24, 2.45) is 0 Å². The number of hydrogen-bond donors (Lipinski definition) is 0. The molecule has 0 bridgehead atoms. The van der Waals surface area contributed by atoms with E-state index in [1.54, 1.807) is 25.1 Å². The summed E-state index contributed by atoms with van der Waals surface area (Å²) in [5.74, 6) is -0.0464. The predicted molar refractivity (Wildman–Crippen MR) is 75.8 cm³/mol. The van der Waals surface area contributed by atoms with Crippen molar-refractivity contribution < 1.29 is 22.7 Å². The van der Waals surface area contributed by atoms with Crippen LogP contribution in [0.25, 0.3) is 0 Å². The number of hydrogen-bond acceptors (Lipinski definition) is 2. The van der Waals surface area contributed by atoms with Crippen molar-refractivity contribution in [2.75, 3.05) is 0 Å². The monoisotopic (exact) mass is 358 g/mol. The van der Waals surface area contributed by atoms with Crippen molar-refractivity contribution in [3.8, 4) is 11.5 Å². The summed E-state index contributed by atoms with van der Waals surface area (Å²) < 4.78 is 45.2. The fraction of sp³-hybridized carbons (Fsp3) is 0.133. The minimum absolute atomic E-state index is 0.0540.